The summed E-state index contributed by atoms with van der Waals surface area (Å²) in [5, 5.41) is 12.8. The number of carbonyl (C=O) groups is 1. The molecule has 7 nitrogen and oxygen atoms in total. The van der Waals surface area contributed by atoms with Gasteiger partial charge in [-0.15, -0.1) is 0 Å². The zero-order valence-electron chi connectivity index (χ0n) is 23.5. The van der Waals surface area contributed by atoms with Gasteiger partial charge in [-0.25, -0.2) is 9.97 Å². The Hall–Kier alpha value is -3.45. The second-order valence-electron chi connectivity index (χ2n) is 10.4. The molecule has 7 heteroatoms. The Balaban J connectivity index is 1.80. The maximum absolute atomic E-state index is 11.8. The van der Waals surface area contributed by atoms with Crippen LogP contribution in [0.3, 0.4) is 0 Å². The van der Waals surface area contributed by atoms with Crippen molar-refractivity contribution < 1.29 is 14.6 Å². The molecule has 1 fully saturated rings. The van der Waals surface area contributed by atoms with Crippen LogP contribution in [0.1, 0.15) is 67.1 Å². The Bertz CT molecular complexity index is 1280. The van der Waals surface area contributed by atoms with Crippen molar-refractivity contribution in [1.29, 1.82) is 0 Å². The number of aliphatic carboxylic acids is 1. The molecular weight excluding hydrogens is 476 g/mol. The Morgan fingerprint density at radius 1 is 1.13 bits per heavy atom. The topological polar surface area (TPSA) is 87.6 Å². The van der Waals surface area contributed by atoms with Gasteiger partial charge in [0.05, 0.1) is 11.3 Å². The third-order valence-electron chi connectivity index (χ3n) is 7.44. The van der Waals surface area contributed by atoms with E-state index in [9.17, 15) is 9.90 Å². The van der Waals surface area contributed by atoms with E-state index in [1.54, 1.807) is 0 Å². The first kappa shape index (κ1) is 27.6. The lowest BCUT2D eigenvalue weighted by molar-refractivity contribution is -0.139. The van der Waals surface area contributed by atoms with Gasteiger partial charge < -0.3 is 20.1 Å². The number of ether oxygens (including phenoxy) is 1. The number of carboxylic acids is 1. The maximum atomic E-state index is 11.8. The average Bonchev–Trinajstić information content (AvgIpc) is 2.92. The molecule has 1 unspecified atom stereocenters. The third kappa shape index (κ3) is 5.83. The molecule has 1 aliphatic rings. The first-order chi connectivity index (χ1) is 18.2. The summed E-state index contributed by atoms with van der Waals surface area (Å²) in [6.45, 7) is 14.6. The van der Waals surface area contributed by atoms with Gasteiger partial charge in [0, 0.05) is 25.2 Å². The van der Waals surface area contributed by atoms with Gasteiger partial charge in [0.2, 0.25) is 0 Å². The molecule has 0 spiro atoms. The number of hydrogen-bond acceptors (Lipinski definition) is 6. The van der Waals surface area contributed by atoms with Crippen LogP contribution in [0.2, 0.25) is 0 Å². The van der Waals surface area contributed by atoms with Gasteiger partial charge in [-0.1, -0.05) is 58.0 Å². The number of rotatable bonds is 9. The summed E-state index contributed by atoms with van der Waals surface area (Å²) in [6, 6.07) is 12.1. The minimum Gasteiger partial charge on any atom is -0.488 e. The maximum Gasteiger partial charge on any atom is 0.322 e. The van der Waals surface area contributed by atoms with Gasteiger partial charge in [0.15, 0.2) is 5.82 Å². The minimum atomic E-state index is -0.857. The monoisotopic (exact) mass is 516 g/mol. The molecule has 0 saturated carbocycles. The van der Waals surface area contributed by atoms with Gasteiger partial charge in [-0.3, -0.25) is 4.79 Å². The van der Waals surface area contributed by atoms with E-state index >= 15 is 0 Å². The van der Waals surface area contributed by atoms with Gasteiger partial charge in [0.1, 0.15) is 24.2 Å². The number of aryl methyl sites for hydroxylation is 4. The van der Waals surface area contributed by atoms with Crippen molar-refractivity contribution in [2.45, 2.75) is 73.0 Å². The number of hydrogen-bond donors (Lipinski definition) is 2. The molecule has 2 heterocycles. The van der Waals surface area contributed by atoms with Crippen molar-refractivity contribution in [2.24, 2.45) is 0 Å². The predicted molar refractivity (Wildman–Crippen MR) is 152 cm³/mol. The Kier molecular flexibility index (Phi) is 8.67. The number of piperazine rings is 1. The zero-order chi connectivity index (χ0) is 27.4. The molecule has 2 N–H and O–H groups in total. The summed E-state index contributed by atoms with van der Waals surface area (Å²) >= 11 is 0. The molecule has 202 valence electrons. The molecule has 2 aromatic carbocycles. The van der Waals surface area contributed by atoms with Gasteiger partial charge >= 0.3 is 5.97 Å². The number of benzene rings is 2. The fourth-order valence-corrected chi connectivity index (χ4v) is 5.04. The summed E-state index contributed by atoms with van der Waals surface area (Å²) in [5.74, 6) is 1.84. The van der Waals surface area contributed by atoms with Crippen LogP contribution in [0.25, 0.3) is 11.4 Å². The van der Waals surface area contributed by atoms with E-state index in [1.807, 2.05) is 6.92 Å². The summed E-state index contributed by atoms with van der Waals surface area (Å²) in [4.78, 5) is 24.0. The first-order valence-electron chi connectivity index (χ1n) is 13.7. The van der Waals surface area contributed by atoms with E-state index in [4.69, 9.17) is 14.7 Å². The third-order valence-corrected chi connectivity index (χ3v) is 7.44. The van der Waals surface area contributed by atoms with Crippen LogP contribution in [-0.2, 0) is 24.2 Å². The van der Waals surface area contributed by atoms with Crippen LogP contribution in [0.5, 0.6) is 5.75 Å². The highest BCUT2D eigenvalue weighted by Gasteiger charge is 2.29. The van der Waals surface area contributed by atoms with Crippen molar-refractivity contribution in [1.82, 2.24) is 15.3 Å². The minimum absolute atomic E-state index is 0.307. The number of nitrogens with zero attached hydrogens (tertiary/aromatic N) is 3. The molecule has 1 aliphatic heterocycles. The average molecular weight is 517 g/mol. The predicted octanol–water partition coefficient (Wildman–Crippen LogP) is 5.45. The van der Waals surface area contributed by atoms with Crippen molar-refractivity contribution in [3.05, 3.63) is 69.9 Å². The van der Waals surface area contributed by atoms with E-state index in [0.717, 1.165) is 46.8 Å². The molecule has 0 radical (unpaired) electrons. The van der Waals surface area contributed by atoms with E-state index < -0.39 is 12.0 Å². The summed E-state index contributed by atoms with van der Waals surface area (Å²) < 4.78 is 6.40. The molecule has 0 aliphatic carbocycles. The Morgan fingerprint density at radius 3 is 2.47 bits per heavy atom. The molecule has 1 atom stereocenters. The van der Waals surface area contributed by atoms with Crippen molar-refractivity contribution >= 4 is 11.8 Å². The quantitative estimate of drug-likeness (QED) is 0.391. The fourth-order valence-electron chi connectivity index (χ4n) is 5.04. The first-order valence-corrected chi connectivity index (χ1v) is 13.7. The lowest BCUT2D eigenvalue weighted by Crippen LogP contribution is -2.54. The van der Waals surface area contributed by atoms with Gasteiger partial charge in [-0.2, -0.15) is 0 Å². The summed E-state index contributed by atoms with van der Waals surface area (Å²) in [7, 11) is 0. The van der Waals surface area contributed by atoms with Crippen molar-refractivity contribution in [3.8, 4) is 17.1 Å². The van der Waals surface area contributed by atoms with E-state index in [2.05, 4.69) is 81.2 Å². The highest BCUT2D eigenvalue weighted by atomic mass is 16.5. The smallest absolute Gasteiger partial charge is 0.322 e. The molecule has 1 saturated heterocycles. The van der Waals surface area contributed by atoms with E-state index in [0.29, 0.717) is 38.0 Å². The van der Waals surface area contributed by atoms with Crippen LogP contribution in [-0.4, -0.2) is 46.7 Å². The van der Waals surface area contributed by atoms with Crippen LogP contribution < -0.4 is 15.0 Å². The lowest BCUT2D eigenvalue weighted by atomic mass is 9.96. The van der Waals surface area contributed by atoms with E-state index in [1.165, 1.54) is 16.7 Å². The molecule has 0 bridgehead atoms. The van der Waals surface area contributed by atoms with Crippen LogP contribution in [0.15, 0.2) is 36.4 Å². The molecule has 0 amide bonds. The fraction of sp³-hybridized carbons (Fsp3) is 0.452. The zero-order valence-corrected chi connectivity index (χ0v) is 23.5. The molecular formula is C31H40N4O3. The SMILES string of the molecule is CCc1cccc(CC)c1-c1nc(C)c(COc2cc(C(C)C)ccc2C)c(N2CCNC(C(=O)O)C2)n1. The summed E-state index contributed by atoms with van der Waals surface area (Å²) in [5.41, 5.74) is 7.54. The highest BCUT2D eigenvalue weighted by Crippen LogP contribution is 2.32. The van der Waals surface area contributed by atoms with Crippen molar-refractivity contribution in [2.75, 3.05) is 24.5 Å². The number of aromatic nitrogens is 2. The number of anilines is 1. The molecule has 4 rings (SSSR count). The van der Waals surface area contributed by atoms with Gasteiger partial charge in [0.25, 0.3) is 0 Å². The molecule has 1 aromatic heterocycles. The normalized spacial score (nSPS) is 15.7. The number of carboxylic acid groups (broad SMARTS) is 1. The van der Waals surface area contributed by atoms with Crippen LogP contribution in [0.4, 0.5) is 5.82 Å². The second kappa shape index (κ2) is 11.9. The Morgan fingerprint density at radius 2 is 1.84 bits per heavy atom. The summed E-state index contributed by atoms with van der Waals surface area (Å²) in [6.07, 6.45) is 1.76. The van der Waals surface area contributed by atoms with Crippen LogP contribution >= 0.6 is 0 Å². The number of nitrogens with one attached hydrogen (secondary N) is 1. The Labute approximate surface area is 226 Å². The highest BCUT2D eigenvalue weighted by molar-refractivity contribution is 5.75. The largest absolute Gasteiger partial charge is 0.488 e. The van der Waals surface area contributed by atoms with Crippen LogP contribution in [0, 0.1) is 13.8 Å². The lowest BCUT2D eigenvalue weighted by Gasteiger charge is -2.34. The van der Waals surface area contributed by atoms with Gasteiger partial charge in [-0.05, 0) is 60.9 Å². The molecule has 3 aromatic rings. The standard InChI is InChI=1S/C31H40N4O3/c1-7-22-10-9-11-23(8-2)28(22)29-33-21(6)25(18-38-27-16-24(19(3)4)13-12-20(27)5)30(34-29)35-15-14-32-26(17-35)31(36)37/h9-13,16,19,26,32H,7-8,14-15,17-18H2,1-6H3,(H,36,37). The second-order valence-corrected chi connectivity index (χ2v) is 10.4. The van der Waals surface area contributed by atoms with Crippen molar-refractivity contribution in [3.63, 3.8) is 0 Å². The molecule has 38 heavy (non-hydrogen) atoms. The van der Waals surface area contributed by atoms with E-state index in [-0.39, 0.29) is 0 Å².